The van der Waals surface area contributed by atoms with Crippen LogP contribution in [0, 0.1) is 0 Å². The molecular formula is C32H30ClNO6. The molecule has 0 aliphatic rings. The standard InChI is InChI=1S/C32H30ClNO6/c33-28-10-1-2-11-29(28)40-20-4-3-19-39-26-17-14-23(15-18-26)13-16-24-7-5-9-27-25(8-6-12-30(35)36)21-34(32(24)27)22-31(37)38/h1-5,7,9-11,13-18,21H,6,8,12,19-20,22H2,(H,35,36)(H,37,38)/b4-3+,16-13+. The molecule has 4 rings (SSSR count). The third kappa shape index (κ3) is 8.01. The number of hydrogen-bond donors (Lipinski definition) is 2. The molecule has 8 heteroatoms. The van der Waals surface area contributed by atoms with Crippen molar-refractivity contribution in [2.24, 2.45) is 0 Å². The van der Waals surface area contributed by atoms with E-state index in [4.69, 9.17) is 26.2 Å². The lowest BCUT2D eigenvalue weighted by Crippen LogP contribution is -2.07. The summed E-state index contributed by atoms with van der Waals surface area (Å²) in [6.45, 7) is 0.620. The van der Waals surface area contributed by atoms with E-state index in [9.17, 15) is 14.7 Å². The lowest BCUT2D eigenvalue weighted by Gasteiger charge is -2.06. The largest absolute Gasteiger partial charge is 0.490 e. The Morgan fingerprint density at radius 3 is 2.33 bits per heavy atom. The van der Waals surface area contributed by atoms with Gasteiger partial charge in [0, 0.05) is 18.0 Å². The minimum absolute atomic E-state index is 0.0686. The zero-order valence-electron chi connectivity index (χ0n) is 21.8. The van der Waals surface area contributed by atoms with Gasteiger partial charge in [-0.1, -0.05) is 66.2 Å². The molecule has 1 heterocycles. The molecule has 0 saturated carbocycles. The first-order valence-electron chi connectivity index (χ1n) is 12.9. The summed E-state index contributed by atoms with van der Waals surface area (Å²) in [5.41, 5.74) is 3.61. The van der Waals surface area contributed by atoms with Crippen molar-refractivity contribution in [3.63, 3.8) is 0 Å². The molecule has 0 fully saturated rings. The Bertz CT molecular complexity index is 1520. The van der Waals surface area contributed by atoms with Crippen LogP contribution in [0.2, 0.25) is 5.02 Å². The Morgan fingerprint density at radius 2 is 1.60 bits per heavy atom. The number of benzene rings is 3. The predicted molar refractivity (Wildman–Crippen MR) is 157 cm³/mol. The number of para-hydroxylation sites is 2. The minimum atomic E-state index is -0.939. The number of hydrogen-bond acceptors (Lipinski definition) is 4. The lowest BCUT2D eigenvalue weighted by atomic mass is 10.0. The van der Waals surface area contributed by atoms with Gasteiger partial charge in [-0.05, 0) is 65.9 Å². The number of nitrogens with zero attached hydrogens (tertiary/aromatic N) is 1. The minimum Gasteiger partial charge on any atom is -0.490 e. The summed E-state index contributed by atoms with van der Waals surface area (Å²) in [7, 11) is 0. The fourth-order valence-corrected chi connectivity index (χ4v) is 4.53. The summed E-state index contributed by atoms with van der Waals surface area (Å²) in [4.78, 5) is 22.4. The summed E-state index contributed by atoms with van der Waals surface area (Å²) in [6.07, 6.45) is 10.6. The number of aryl methyl sites for hydroxylation is 1. The predicted octanol–water partition coefficient (Wildman–Crippen LogP) is 6.97. The second kappa shape index (κ2) is 14.1. The Balaban J connectivity index is 1.38. The number of fused-ring (bicyclic) bond motifs is 1. The van der Waals surface area contributed by atoms with Crippen molar-refractivity contribution in [2.45, 2.75) is 25.8 Å². The van der Waals surface area contributed by atoms with Crippen molar-refractivity contribution in [2.75, 3.05) is 13.2 Å². The molecule has 0 atom stereocenters. The molecule has 0 amide bonds. The average molecular weight is 560 g/mol. The number of carboxylic acids is 2. The van der Waals surface area contributed by atoms with E-state index in [1.54, 1.807) is 10.6 Å². The highest BCUT2D eigenvalue weighted by Gasteiger charge is 2.13. The van der Waals surface area contributed by atoms with Crippen LogP contribution in [0.3, 0.4) is 0 Å². The van der Waals surface area contributed by atoms with E-state index >= 15 is 0 Å². The quantitative estimate of drug-likeness (QED) is 0.128. The number of carboxylic acid groups (broad SMARTS) is 2. The van der Waals surface area contributed by atoms with E-state index in [2.05, 4.69) is 0 Å². The molecule has 1 aromatic heterocycles. The zero-order chi connectivity index (χ0) is 28.3. The maximum absolute atomic E-state index is 11.5. The van der Waals surface area contributed by atoms with Crippen LogP contribution in [0.4, 0.5) is 0 Å². The molecule has 0 saturated heterocycles. The van der Waals surface area contributed by atoms with Crippen LogP contribution in [0.5, 0.6) is 11.5 Å². The smallest absolute Gasteiger partial charge is 0.323 e. The zero-order valence-corrected chi connectivity index (χ0v) is 22.6. The Hall–Kier alpha value is -4.49. The lowest BCUT2D eigenvalue weighted by molar-refractivity contribution is -0.138. The first kappa shape index (κ1) is 28.5. The molecule has 0 bridgehead atoms. The molecule has 0 aliphatic heterocycles. The summed E-state index contributed by atoms with van der Waals surface area (Å²) in [5.74, 6) is -0.408. The van der Waals surface area contributed by atoms with Crippen LogP contribution < -0.4 is 9.47 Å². The van der Waals surface area contributed by atoms with Crippen LogP contribution in [0.15, 0.2) is 85.1 Å². The average Bonchev–Trinajstić information content (AvgIpc) is 3.28. The number of aliphatic carboxylic acids is 2. The van der Waals surface area contributed by atoms with Gasteiger partial charge in [0.05, 0.1) is 10.5 Å². The molecule has 0 radical (unpaired) electrons. The molecule has 0 spiro atoms. The van der Waals surface area contributed by atoms with E-state index in [-0.39, 0.29) is 13.0 Å². The van der Waals surface area contributed by atoms with Crippen LogP contribution in [-0.2, 0) is 22.6 Å². The first-order chi connectivity index (χ1) is 19.4. The van der Waals surface area contributed by atoms with Gasteiger partial charge in [0.2, 0.25) is 0 Å². The number of rotatable bonds is 14. The number of carbonyl (C=O) groups is 2. The molecular weight excluding hydrogens is 530 g/mol. The van der Waals surface area contributed by atoms with Crippen LogP contribution in [0.1, 0.15) is 29.5 Å². The highest BCUT2D eigenvalue weighted by Crippen LogP contribution is 2.28. The van der Waals surface area contributed by atoms with Gasteiger partial charge in [0.15, 0.2) is 0 Å². The second-order valence-corrected chi connectivity index (χ2v) is 9.50. The maximum Gasteiger partial charge on any atom is 0.323 e. The fraction of sp³-hybridized carbons (Fsp3) is 0.188. The number of ether oxygens (including phenoxy) is 2. The second-order valence-electron chi connectivity index (χ2n) is 9.09. The van der Waals surface area contributed by atoms with Gasteiger partial charge in [-0.15, -0.1) is 0 Å². The van der Waals surface area contributed by atoms with Gasteiger partial charge >= 0.3 is 11.9 Å². The van der Waals surface area contributed by atoms with E-state index in [0.717, 1.165) is 33.3 Å². The summed E-state index contributed by atoms with van der Waals surface area (Å²) in [5, 5.41) is 19.9. The fourth-order valence-electron chi connectivity index (χ4n) is 4.34. The number of aromatic nitrogens is 1. The highest BCUT2D eigenvalue weighted by molar-refractivity contribution is 6.32. The van der Waals surface area contributed by atoms with Gasteiger partial charge in [-0.2, -0.15) is 0 Å². The van der Waals surface area contributed by atoms with Crippen molar-refractivity contribution in [3.8, 4) is 11.5 Å². The van der Waals surface area contributed by atoms with Crippen molar-refractivity contribution in [1.82, 2.24) is 4.57 Å². The van der Waals surface area contributed by atoms with Gasteiger partial charge < -0.3 is 24.3 Å². The Labute approximate surface area is 237 Å². The van der Waals surface area contributed by atoms with Crippen molar-refractivity contribution in [1.29, 1.82) is 0 Å². The van der Waals surface area contributed by atoms with Crippen LogP contribution in [0.25, 0.3) is 23.1 Å². The SMILES string of the molecule is O=C(O)CCCc1cn(CC(=O)O)c2c(/C=C/c3ccc(OC/C=C/COc4ccccc4Cl)cc3)cccc12. The van der Waals surface area contributed by atoms with Crippen LogP contribution in [-0.4, -0.2) is 39.9 Å². The molecule has 0 unspecified atom stereocenters. The molecule has 40 heavy (non-hydrogen) atoms. The molecule has 4 aromatic rings. The highest BCUT2D eigenvalue weighted by atomic mass is 35.5. The molecule has 7 nitrogen and oxygen atoms in total. The van der Waals surface area contributed by atoms with Crippen molar-refractivity contribution < 1.29 is 29.3 Å². The summed E-state index contributed by atoms with van der Waals surface area (Å²) < 4.78 is 13.1. The molecule has 206 valence electrons. The summed E-state index contributed by atoms with van der Waals surface area (Å²) >= 11 is 6.07. The van der Waals surface area contributed by atoms with Gasteiger partial charge in [0.25, 0.3) is 0 Å². The van der Waals surface area contributed by atoms with Gasteiger partial charge in [-0.25, -0.2) is 0 Å². The van der Waals surface area contributed by atoms with E-state index in [0.29, 0.717) is 36.8 Å². The Morgan fingerprint density at radius 1 is 0.850 bits per heavy atom. The van der Waals surface area contributed by atoms with Gasteiger partial charge in [-0.3, -0.25) is 9.59 Å². The number of halogens is 1. The maximum atomic E-state index is 11.5. The Kier molecular flexibility index (Phi) is 10.0. The van der Waals surface area contributed by atoms with E-state index < -0.39 is 11.9 Å². The molecule has 0 aliphatic carbocycles. The monoisotopic (exact) mass is 559 g/mol. The normalized spacial score (nSPS) is 11.4. The van der Waals surface area contributed by atoms with E-state index in [1.807, 2.05) is 91.2 Å². The molecule has 3 aromatic carbocycles. The van der Waals surface area contributed by atoms with E-state index in [1.165, 1.54) is 0 Å². The van der Waals surface area contributed by atoms with Crippen molar-refractivity contribution in [3.05, 3.63) is 107 Å². The first-order valence-corrected chi connectivity index (χ1v) is 13.3. The third-order valence-electron chi connectivity index (χ3n) is 6.17. The van der Waals surface area contributed by atoms with Crippen molar-refractivity contribution >= 4 is 46.6 Å². The van der Waals surface area contributed by atoms with Gasteiger partial charge in [0.1, 0.15) is 31.3 Å². The summed E-state index contributed by atoms with van der Waals surface area (Å²) in [6, 6.07) is 20.8. The third-order valence-corrected chi connectivity index (χ3v) is 6.49. The topological polar surface area (TPSA) is 98.0 Å². The molecule has 2 N–H and O–H groups in total. The van der Waals surface area contributed by atoms with Crippen LogP contribution >= 0.6 is 11.6 Å².